The van der Waals surface area contributed by atoms with Gasteiger partial charge in [-0.25, -0.2) is 9.97 Å². The summed E-state index contributed by atoms with van der Waals surface area (Å²) in [5.74, 6) is 1.25. The van der Waals surface area contributed by atoms with Crippen LogP contribution in [0.2, 0.25) is 0 Å². The van der Waals surface area contributed by atoms with Gasteiger partial charge in [-0.2, -0.15) is 0 Å². The highest BCUT2D eigenvalue weighted by atomic mass is 16.5. The lowest BCUT2D eigenvalue weighted by Gasteiger charge is -2.22. The van der Waals surface area contributed by atoms with Gasteiger partial charge in [-0.3, -0.25) is 0 Å². The van der Waals surface area contributed by atoms with E-state index in [9.17, 15) is 0 Å². The van der Waals surface area contributed by atoms with Crippen LogP contribution in [0.1, 0.15) is 36.0 Å². The van der Waals surface area contributed by atoms with E-state index in [-0.39, 0.29) is 6.61 Å². The highest BCUT2D eigenvalue weighted by molar-refractivity contribution is 5.15. The van der Waals surface area contributed by atoms with Gasteiger partial charge >= 0.3 is 0 Å². The summed E-state index contributed by atoms with van der Waals surface area (Å²) in [6, 6.07) is 2.05. The number of nitrogens with zero attached hydrogens (tertiary/aromatic N) is 2. The zero-order valence-electron chi connectivity index (χ0n) is 9.65. The zero-order chi connectivity index (χ0) is 11.4. The van der Waals surface area contributed by atoms with Crippen molar-refractivity contribution in [2.45, 2.75) is 32.1 Å². The fraction of sp³-hybridized carbons (Fsp3) is 0.667. The summed E-state index contributed by atoms with van der Waals surface area (Å²) in [7, 11) is 0. The van der Waals surface area contributed by atoms with Crippen LogP contribution in [0.25, 0.3) is 0 Å². The summed E-state index contributed by atoms with van der Waals surface area (Å²) in [4.78, 5) is 8.84. The normalized spacial score (nSPS) is 17.6. The lowest BCUT2D eigenvalue weighted by molar-refractivity contribution is 0.0844. The molecular weight excluding hydrogens is 204 g/mol. The zero-order valence-corrected chi connectivity index (χ0v) is 9.65. The van der Waals surface area contributed by atoms with Crippen LogP contribution in [0.15, 0.2) is 6.07 Å². The lowest BCUT2D eigenvalue weighted by atomic mass is 9.96. The molecule has 0 bridgehead atoms. The van der Waals surface area contributed by atoms with E-state index in [2.05, 4.69) is 16.0 Å². The number of ether oxygens (including phenoxy) is 1. The molecule has 0 atom stereocenters. The fourth-order valence-electron chi connectivity index (χ4n) is 2.07. The maximum Gasteiger partial charge on any atom is 0.131 e. The summed E-state index contributed by atoms with van der Waals surface area (Å²) in [6.45, 7) is 3.73. The standard InChI is InChI=1S/C12H18N2O2/c1-9-8-11(10-3-6-16-7-4-10)14-12(13-9)2-5-15/h8,10,15H,2-7H2,1H3. The molecule has 0 aliphatic carbocycles. The molecule has 16 heavy (non-hydrogen) atoms. The third-order valence-corrected chi connectivity index (χ3v) is 2.90. The second-order valence-electron chi connectivity index (χ2n) is 4.21. The maximum absolute atomic E-state index is 8.91. The van der Waals surface area contributed by atoms with Crippen LogP contribution in [0.4, 0.5) is 0 Å². The molecule has 0 radical (unpaired) electrons. The number of rotatable bonds is 3. The van der Waals surface area contributed by atoms with Crippen molar-refractivity contribution in [1.29, 1.82) is 0 Å². The molecule has 4 nitrogen and oxygen atoms in total. The van der Waals surface area contributed by atoms with E-state index < -0.39 is 0 Å². The van der Waals surface area contributed by atoms with Gasteiger partial charge in [0.25, 0.3) is 0 Å². The third kappa shape index (κ3) is 2.77. The van der Waals surface area contributed by atoms with E-state index in [0.717, 1.165) is 43.3 Å². The highest BCUT2D eigenvalue weighted by Gasteiger charge is 2.18. The second kappa shape index (κ2) is 5.37. The van der Waals surface area contributed by atoms with Crippen LogP contribution in [0.3, 0.4) is 0 Å². The molecule has 0 amide bonds. The molecule has 2 rings (SSSR count). The SMILES string of the molecule is Cc1cc(C2CCOCC2)nc(CCO)n1. The van der Waals surface area contributed by atoms with Crippen molar-refractivity contribution in [2.24, 2.45) is 0 Å². The second-order valence-corrected chi connectivity index (χ2v) is 4.21. The van der Waals surface area contributed by atoms with Crippen molar-refractivity contribution >= 4 is 0 Å². The molecule has 0 spiro atoms. The van der Waals surface area contributed by atoms with E-state index >= 15 is 0 Å². The minimum Gasteiger partial charge on any atom is -0.396 e. The van der Waals surface area contributed by atoms with Crippen molar-refractivity contribution in [3.8, 4) is 0 Å². The predicted molar refractivity (Wildman–Crippen MR) is 60.4 cm³/mol. The van der Waals surface area contributed by atoms with Gasteiger partial charge in [-0.1, -0.05) is 0 Å². The number of hydrogen-bond donors (Lipinski definition) is 1. The molecule has 1 aromatic heterocycles. The summed E-state index contributed by atoms with van der Waals surface area (Å²) < 4.78 is 5.35. The third-order valence-electron chi connectivity index (χ3n) is 2.90. The number of aromatic nitrogens is 2. The van der Waals surface area contributed by atoms with Gasteiger partial charge in [0.15, 0.2) is 0 Å². The number of aliphatic hydroxyl groups is 1. The highest BCUT2D eigenvalue weighted by Crippen LogP contribution is 2.25. The van der Waals surface area contributed by atoms with Crippen LogP contribution in [0, 0.1) is 6.92 Å². The first-order valence-electron chi connectivity index (χ1n) is 5.82. The first-order chi connectivity index (χ1) is 7.79. The number of aryl methyl sites for hydroxylation is 1. The Balaban J connectivity index is 2.18. The molecule has 1 aliphatic rings. The van der Waals surface area contributed by atoms with Crippen molar-refractivity contribution in [1.82, 2.24) is 9.97 Å². The molecule has 2 heterocycles. The van der Waals surface area contributed by atoms with Crippen LogP contribution in [-0.2, 0) is 11.2 Å². The Morgan fingerprint density at radius 1 is 1.38 bits per heavy atom. The molecule has 1 aromatic rings. The molecule has 0 aromatic carbocycles. The van der Waals surface area contributed by atoms with Gasteiger partial charge < -0.3 is 9.84 Å². The van der Waals surface area contributed by atoms with Crippen LogP contribution < -0.4 is 0 Å². The quantitative estimate of drug-likeness (QED) is 0.835. The van der Waals surface area contributed by atoms with Crippen LogP contribution in [0.5, 0.6) is 0 Å². The Labute approximate surface area is 95.7 Å². The molecule has 1 aliphatic heterocycles. The Hall–Kier alpha value is -1.00. The fourth-order valence-corrected chi connectivity index (χ4v) is 2.07. The number of aliphatic hydroxyl groups excluding tert-OH is 1. The molecule has 88 valence electrons. The summed E-state index contributed by atoms with van der Waals surface area (Å²) in [5.41, 5.74) is 2.10. The molecule has 0 saturated carbocycles. The average Bonchev–Trinajstić information content (AvgIpc) is 2.30. The Morgan fingerprint density at radius 3 is 2.81 bits per heavy atom. The van der Waals surface area contributed by atoms with E-state index in [1.54, 1.807) is 0 Å². The predicted octanol–water partition coefficient (Wildman–Crippen LogP) is 1.21. The van der Waals surface area contributed by atoms with Gasteiger partial charge in [0.1, 0.15) is 5.82 Å². The minimum atomic E-state index is 0.108. The topological polar surface area (TPSA) is 55.2 Å². The molecule has 0 unspecified atom stereocenters. The molecule has 1 N–H and O–H groups in total. The van der Waals surface area contributed by atoms with E-state index in [1.807, 2.05) is 6.92 Å². The largest absolute Gasteiger partial charge is 0.396 e. The van der Waals surface area contributed by atoms with Gasteiger partial charge in [-0.15, -0.1) is 0 Å². The van der Waals surface area contributed by atoms with Crippen molar-refractivity contribution in [3.05, 3.63) is 23.3 Å². The van der Waals surface area contributed by atoms with Crippen molar-refractivity contribution in [2.75, 3.05) is 19.8 Å². The Kier molecular flexibility index (Phi) is 3.85. The van der Waals surface area contributed by atoms with Crippen LogP contribution in [-0.4, -0.2) is 34.9 Å². The lowest BCUT2D eigenvalue weighted by Crippen LogP contribution is -2.16. The van der Waals surface area contributed by atoms with E-state index in [4.69, 9.17) is 9.84 Å². The summed E-state index contributed by atoms with van der Waals surface area (Å²) in [5, 5.41) is 8.91. The molecule has 1 fully saturated rings. The first kappa shape index (κ1) is 11.5. The smallest absolute Gasteiger partial charge is 0.131 e. The average molecular weight is 222 g/mol. The van der Waals surface area contributed by atoms with Crippen molar-refractivity contribution in [3.63, 3.8) is 0 Å². The molecular formula is C12H18N2O2. The summed E-state index contributed by atoms with van der Waals surface area (Å²) in [6.07, 6.45) is 2.61. The van der Waals surface area contributed by atoms with E-state index in [0.29, 0.717) is 12.3 Å². The first-order valence-corrected chi connectivity index (χ1v) is 5.82. The Bertz CT molecular complexity index is 349. The van der Waals surface area contributed by atoms with Crippen molar-refractivity contribution < 1.29 is 9.84 Å². The minimum absolute atomic E-state index is 0.108. The van der Waals surface area contributed by atoms with Gasteiger partial charge in [0.05, 0.1) is 6.61 Å². The van der Waals surface area contributed by atoms with Gasteiger partial charge in [-0.05, 0) is 25.8 Å². The van der Waals surface area contributed by atoms with E-state index in [1.165, 1.54) is 0 Å². The Morgan fingerprint density at radius 2 is 2.12 bits per heavy atom. The number of hydrogen-bond acceptors (Lipinski definition) is 4. The van der Waals surface area contributed by atoms with Gasteiger partial charge in [0.2, 0.25) is 0 Å². The monoisotopic (exact) mass is 222 g/mol. The van der Waals surface area contributed by atoms with Crippen LogP contribution >= 0.6 is 0 Å². The maximum atomic E-state index is 8.91. The van der Waals surface area contributed by atoms with Gasteiger partial charge in [0, 0.05) is 36.9 Å². The molecule has 1 saturated heterocycles. The summed E-state index contributed by atoms with van der Waals surface area (Å²) >= 11 is 0. The molecule has 4 heteroatoms.